The van der Waals surface area contributed by atoms with E-state index in [0.717, 1.165) is 23.4 Å². The molecule has 17 heavy (non-hydrogen) atoms. The molecule has 0 amide bonds. The minimum Gasteiger partial charge on any atom is -0.298 e. The van der Waals surface area contributed by atoms with Gasteiger partial charge in [0.15, 0.2) is 0 Å². The Balaban J connectivity index is 2.26. The number of nitrogens with zero attached hydrogens (tertiary/aromatic N) is 2. The molecule has 0 saturated heterocycles. The maximum Gasteiger partial charge on any atom is 0.150 e. The summed E-state index contributed by atoms with van der Waals surface area (Å²) in [5.41, 5.74) is 3.18. The summed E-state index contributed by atoms with van der Waals surface area (Å²) in [7, 11) is 0. The lowest BCUT2D eigenvalue weighted by Crippen LogP contribution is -1.96. The molecule has 3 nitrogen and oxygen atoms in total. The fraction of sp³-hybridized carbons (Fsp3) is 0.0714. The van der Waals surface area contributed by atoms with Gasteiger partial charge in [-0.1, -0.05) is 6.07 Å². The summed E-state index contributed by atoms with van der Waals surface area (Å²) in [5.74, 6) is 0. The Morgan fingerprint density at radius 1 is 1.18 bits per heavy atom. The number of aldehydes is 1. The molecule has 2 rings (SSSR count). The van der Waals surface area contributed by atoms with Gasteiger partial charge in [0, 0.05) is 11.8 Å². The minimum atomic E-state index is 0.652. The van der Waals surface area contributed by atoms with Gasteiger partial charge in [-0.05, 0) is 43.3 Å². The van der Waals surface area contributed by atoms with E-state index in [9.17, 15) is 4.79 Å². The molecule has 84 valence electrons. The number of benzene rings is 1. The number of hydrogen-bond acceptors (Lipinski definition) is 3. The average molecular weight is 224 g/mol. The molecule has 0 radical (unpaired) electrons. The van der Waals surface area contributed by atoms with Crippen molar-refractivity contribution >= 4 is 17.7 Å². The zero-order chi connectivity index (χ0) is 12.1. The Bertz CT molecular complexity index is 530. The summed E-state index contributed by atoms with van der Waals surface area (Å²) in [5, 5.41) is 0. The third-order valence-corrected chi connectivity index (χ3v) is 2.36. The van der Waals surface area contributed by atoms with Crippen molar-refractivity contribution in [1.29, 1.82) is 0 Å². The third-order valence-electron chi connectivity index (χ3n) is 2.36. The van der Waals surface area contributed by atoms with Gasteiger partial charge in [0.25, 0.3) is 0 Å². The molecule has 0 N–H and O–H groups in total. The summed E-state index contributed by atoms with van der Waals surface area (Å²) in [6.07, 6.45) is 2.56. The van der Waals surface area contributed by atoms with Crippen LogP contribution in [-0.4, -0.2) is 17.0 Å². The zero-order valence-electron chi connectivity index (χ0n) is 9.50. The van der Waals surface area contributed by atoms with Crippen molar-refractivity contribution in [3.05, 3.63) is 59.9 Å². The quantitative estimate of drug-likeness (QED) is 0.594. The molecular weight excluding hydrogens is 212 g/mol. The highest BCUT2D eigenvalue weighted by Crippen LogP contribution is 2.13. The SMILES string of the molecule is CC(=Nc1ccc(C=O)cc1)c1ccccn1. The standard InChI is InChI=1S/C14H12N2O/c1-11(14-4-2-3-9-15-14)16-13-7-5-12(10-17)6-8-13/h2-10H,1H3. The summed E-state index contributed by atoms with van der Waals surface area (Å²) < 4.78 is 0. The van der Waals surface area contributed by atoms with Crippen molar-refractivity contribution in [2.75, 3.05) is 0 Å². The predicted molar refractivity (Wildman–Crippen MR) is 67.9 cm³/mol. The maximum atomic E-state index is 10.5. The van der Waals surface area contributed by atoms with Crippen molar-refractivity contribution in [3.8, 4) is 0 Å². The van der Waals surface area contributed by atoms with Crippen LogP contribution in [-0.2, 0) is 0 Å². The molecular formula is C14H12N2O. The normalized spacial score (nSPS) is 11.2. The van der Waals surface area contributed by atoms with Crippen LogP contribution in [0.25, 0.3) is 0 Å². The number of carbonyl (C=O) groups excluding carboxylic acids is 1. The van der Waals surface area contributed by atoms with E-state index in [2.05, 4.69) is 9.98 Å². The molecule has 0 saturated carbocycles. The van der Waals surface area contributed by atoms with E-state index in [1.807, 2.05) is 37.3 Å². The molecule has 1 aromatic heterocycles. The van der Waals surface area contributed by atoms with Crippen LogP contribution >= 0.6 is 0 Å². The van der Waals surface area contributed by atoms with Crippen molar-refractivity contribution < 1.29 is 4.79 Å². The summed E-state index contributed by atoms with van der Waals surface area (Å²) in [6, 6.07) is 12.8. The fourth-order valence-corrected chi connectivity index (χ4v) is 1.46. The van der Waals surface area contributed by atoms with Crippen LogP contribution in [0.1, 0.15) is 23.0 Å². The van der Waals surface area contributed by atoms with Crippen LogP contribution in [0.3, 0.4) is 0 Å². The first-order chi connectivity index (χ1) is 8.29. The van der Waals surface area contributed by atoms with Crippen LogP contribution in [0.4, 0.5) is 5.69 Å². The van der Waals surface area contributed by atoms with Crippen molar-refractivity contribution in [2.45, 2.75) is 6.92 Å². The van der Waals surface area contributed by atoms with Crippen LogP contribution in [0.15, 0.2) is 53.7 Å². The Labute approximate surface area is 99.9 Å². The van der Waals surface area contributed by atoms with Gasteiger partial charge in [-0.2, -0.15) is 0 Å². The Morgan fingerprint density at radius 3 is 2.53 bits per heavy atom. The molecule has 0 bridgehead atoms. The highest BCUT2D eigenvalue weighted by atomic mass is 16.1. The Morgan fingerprint density at radius 2 is 1.94 bits per heavy atom. The first-order valence-electron chi connectivity index (χ1n) is 5.31. The second kappa shape index (κ2) is 5.16. The van der Waals surface area contributed by atoms with Gasteiger partial charge < -0.3 is 0 Å². The highest BCUT2D eigenvalue weighted by molar-refractivity contribution is 5.98. The van der Waals surface area contributed by atoms with E-state index in [-0.39, 0.29) is 0 Å². The van der Waals surface area contributed by atoms with Crippen LogP contribution in [0.2, 0.25) is 0 Å². The van der Waals surface area contributed by atoms with Crippen molar-refractivity contribution in [3.63, 3.8) is 0 Å². The molecule has 2 aromatic rings. The largest absolute Gasteiger partial charge is 0.298 e. The van der Waals surface area contributed by atoms with Crippen LogP contribution < -0.4 is 0 Å². The van der Waals surface area contributed by atoms with Gasteiger partial charge in [0.05, 0.1) is 17.1 Å². The third kappa shape index (κ3) is 2.84. The van der Waals surface area contributed by atoms with Gasteiger partial charge in [-0.15, -0.1) is 0 Å². The van der Waals surface area contributed by atoms with Crippen LogP contribution in [0, 0.1) is 0 Å². The molecule has 0 aliphatic rings. The summed E-state index contributed by atoms with van der Waals surface area (Å²) >= 11 is 0. The minimum absolute atomic E-state index is 0.652. The lowest BCUT2D eigenvalue weighted by molar-refractivity contribution is 0.112. The molecule has 0 spiro atoms. The van der Waals surface area contributed by atoms with E-state index in [1.165, 1.54) is 0 Å². The van der Waals surface area contributed by atoms with E-state index >= 15 is 0 Å². The predicted octanol–water partition coefficient (Wildman–Crippen LogP) is 3.03. The molecule has 0 aliphatic heterocycles. The average Bonchev–Trinajstić information content (AvgIpc) is 2.40. The second-order valence-electron chi connectivity index (χ2n) is 3.62. The molecule has 0 unspecified atom stereocenters. The topological polar surface area (TPSA) is 42.3 Å². The van der Waals surface area contributed by atoms with Crippen molar-refractivity contribution in [2.24, 2.45) is 4.99 Å². The summed E-state index contributed by atoms with van der Waals surface area (Å²) in [6.45, 7) is 1.91. The van der Waals surface area contributed by atoms with Gasteiger partial charge in [-0.25, -0.2) is 0 Å². The number of hydrogen-bond donors (Lipinski definition) is 0. The molecule has 0 aliphatic carbocycles. The lowest BCUT2D eigenvalue weighted by atomic mass is 10.2. The van der Waals surface area contributed by atoms with E-state index < -0.39 is 0 Å². The highest BCUT2D eigenvalue weighted by Gasteiger charge is 1.98. The van der Waals surface area contributed by atoms with E-state index in [4.69, 9.17) is 0 Å². The molecule has 0 fully saturated rings. The van der Waals surface area contributed by atoms with Gasteiger partial charge >= 0.3 is 0 Å². The second-order valence-corrected chi connectivity index (χ2v) is 3.62. The van der Waals surface area contributed by atoms with E-state index in [0.29, 0.717) is 5.56 Å². The van der Waals surface area contributed by atoms with Crippen LogP contribution in [0.5, 0.6) is 0 Å². The molecule has 1 heterocycles. The number of rotatable bonds is 3. The van der Waals surface area contributed by atoms with Gasteiger partial charge in [0.2, 0.25) is 0 Å². The maximum absolute atomic E-state index is 10.5. The number of pyridine rings is 1. The Kier molecular flexibility index (Phi) is 3.40. The first kappa shape index (κ1) is 11.2. The van der Waals surface area contributed by atoms with Gasteiger partial charge in [-0.3, -0.25) is 14.8 Å². The monoisotopic (exact) mass is 224 g/mol. The van der Waals surface area contributed by atoms with E-state index in [1.54, 1.807) is 18.3 Å². The molecule has 3 heteroatoms. The summed E-state index contributed by atoms with van der Waals surface area (Å²) in [4.78, 5) is 19.2. The number of aromatic nitrogens is 1. The zero-order valence-corrected chi connectivity index (χ0v) is 9.50. The fourth-order valence-electron chi connectivity index (χ4n) is 1.46. The molecule has 1 aromatic carbocycles. The number of carbonyl (C=O) groups is 1. The van der Waals surface area contributed by atoms with Gasteiger partial charge in [0.1, 0.15) is 6.29 Å². The first-order valence-corrected chi connectivity index (χ1v) is 5.31. The molecule has 0 atom stereocenters. The smallest absolute Gasteiger partial charge is 0.150 e. The van der Waals surface area contributed by atoms with Crippen molar-refractivity contribution in [1.82, 2.24) is 4.98 Å². The Hall–Kier alpha value is -2.29. The number of aliphatic imine (C=N–C) groups is 1. The lowest BCUT2D eigenvalue weighted by Gasteiger charge is -2.00.